The number of carboxylic acids is 1. The van der Waals surface area contributed by atoms with Gasteiger partial charge in [0.25, 0.3) is 0 Å². The van der Waals surface area contributed by atoms with E-state index in [-0.39, 0.29) is 12.8 Å². The lowest BCUT2D eigenvalue weighted by Crippen LogP contribution is -2.58. The summed E-state index contributed by atoms with van der Waals surface area (Å²) in [7, 11) is 0. The minimum absolute atomic E-state index is 0.0582. The zero-order valence-electron chi connectivity index (χ0n) is 17.9. The Kier molecular flexibility index (Phi) is 11.9. The number of aliphatic carboxylic acids is 1. The molecule has 4 unspecified atom stereocenters. The average molecular weight is 488 g/mol. The maximum atomic E-state index is 12.7. The Bertz CT molecular complexity index is 821. The summed E-state index contributed by atoms with van der Waals surface area (Å²) in [6.07, 6.45) is 4.21. The predicted molar refractivity (Wildman–Crippen MR) is 118 cm³/mol. The molecule has 0 saturated heterocycles. The minimum Gasteiger partial charge on any atom is -0.480 e. The number of hydrogen-bond donors (Lipinski definition) is 8. The van der Waals surface area contributed by atoms with Crippen LogP contribution in [0.25, 0.3) is 0 Å². The van der Waals surface area contributed by atoms with Gasteiger partial charge in [-0.1, -0.05) is 0 Å². The number of hydrogen-bond acceptors (Lipinski definition) is 9. The molecule has 10 N–H and O–H groups in total. The molecule has 15 heteroatoms. The molecule has 0 aliphatic rings. The first-order chi connectivity index (χ1) is 15.6. The number of aromatic nitrogens is 2. The molecule has 0 aliphatic heterocycles. The van der Waals surface area contributed by atoms with Crippen LogP contribution in [0.3, 0.4) is 0 Å². The summed E-state index contributed by atoms with van der Waals surface area (Å²) in [5.41, 5.74) is 11.0. The van der Waals surface area contributed by atoms with Crippen molar-refractivity contribution in [2.24, 2.45) is 11.5 Å². The van der Waals surface area contributed by atoms with Crippen LogP contribution in [0.1, 0.15) is 18.5 Å². The van der Waals surface area contributed by atoms with E-state index in [0.29, 0.717) is 11.4 Å². The lowest BCUT2D eigenvalue weighted by Gasteiger charge is -2.24. The van der Waals surface area contributed by atoms with Crippen LogP contribution in [0, 0.1) is 0 Å². The highest BCUT2D eigenvalue weighted by Crippen LogP contribution is 2.05. The fraction of sp³-hybridized carbons (Fsp3) is 0.556. The highest BCUT2D eigenvalue weighted by atomic mass is 32.2. The number of aliphatic hydroxyl groups excluding tert-OH is 1. The number of carboxylic acid groups (broad SMARTS) is 1. The summed E-state index contributed by atoms with van der Waals surface area (Å²) in [6.45, 7) is -0.810. The van der Waals surface area contributed by atoms with E-state index in [4.69, 9.17) is 11.5 Å². The van der Waals surface area contributed by atoms with E-state index in [2.05, 4.69) is 25.9 Å². The number of carbonyl (C=O) groups excluding carboxylic acids is 4. The zero-order chi connectivity index (χ0) is 25.0. The van der Waals surface area contributed by atoms with Gasteiger partial charge in [-0.05, 0) is 18.4 Å². The molecule has 0 fully saturated rings. The Labute approximate surface area is 193 Å². The van der Waals surface area contributed by atoms with Gasteiger partial charge in [-0.2, -0.15) is 11.8 Å². The van der Waals surface area contributed by atoms with Gasteiger partial charge in [0, 0.05) is 18.3 Å². The van der Waals surface area contributed by atoms with Gasteiger partial charge in [-0.25, -0.2) is 9.78 Å². The number of thioether (sulfide) groups is 1. The summed E-state index contributed by atoms with van der Waals surface area (Å²) < 4.78 is 0. The number of nitrogens with zero attached hydrogens (tertiary/aromatic N) is 1. The van der Waals surface area contributed by atoms with Crippen molar-refractivity contribution in [1.29, 1.82) is 0 Å². The Morgan fingerprint density at radius 3 is 2.21 bits per heavy atom. The molecule has 0 aromatic carbocycles. The highest BCUT2D eigenvalue weighted by molar-refractivity contribution is 7.98. The quantitative estimate of drug-likeness (QED) is 0.121. The van der Waals surface area contributed by atoms with E-state index >= 15 is 0 Å². The lowest BCUT2D eigenvalue weighted by atomic mass is 10.1. The SMILES string of the molecule is CSCCC(NC(=O)C(CO)NC(=O)C(N)CC(N)=O)C(=O)NC(Cc1cnc[nH]1)C(=O)O. The molecule has 184 valence electrons. The topological polar surface area (TPSA) is 243 Å². The second kappa shape index (κ2) is 14.1. The smallest absolute Gasteiger partial charge is 0.326 e. The number of rotatable bonds is 15. The van der Waals surface area contributed by atoms with Gasteiger partial charge < -0.3 is 42.6 Å². The fourth-order valence-electron chi connectivity index (χ4n) is 2.65. The summed E-state index contributed by atoms with van der Waals surface area (Å²) in [4.78, 5) is 66.4. The molecule has 33 heavy (non-hydrogen) atoms. The number of carbonyl (C=O) groups is 5. The van der Waals surface area contributed by atoms with Crippen LogP contribution in [0.2, 0.25) is 0 Å². The Morgan fingerprint density at radius 2 is 1.70 bits per heavy atom. The molecule has 0 spiro atoms. The van der Waals surface area contributed by atoms with Crippen molar-refractivity contribution in [3.8, 4) is 0 Å². The Balaban J connectivity index is 2.84. The molecule has 14 nitrogen and oxygen atoms in total. The highest BCUT2D eigenvalue weighted by Gasteiger charge is 2.30. The van der Waals surface area contributed by atoms with E-state index in [9.17, 15) is 34.2 Å². The van der Waals surface area contributed by atoms with Crippen molar-refractivity contribution in [3.05, 3.63) is 18.2 Å². The third kappa shape index (κ3) is 9.88. The van der Waals surface area contributed by atoms with Crippen molar-refractivity contribution >= 4 is 41.4 Å². The summed E-state index contributed by atoms with van der Waals surface area (Å²) >= 11 is 1.40. The standard InChI is InChI=1S/C18H29N7O7S/c1-33-3-2-11(16(29)24-12(18(31)32)4-9-6-21-8-22-9)23-17(30)13(7-26)25-15(28)10(19)5-14(20)27/h6,8,10-13,26H,2-5,7,19H2,1H3,(H2,20,27)(H,21,22)(H,23,30)(H,24,29)(H,25,28)(H,31,32). The molecular formula is C18H29N7O7S. The van der Waals surface area contributed by atoms with E-state index in [1.54, 1.807) is 6.26 Å². The number of H-pyrrole nitrogens is 1. The van der Waals surface area contributed by atoms with Crippen LogP contribution in [0.4, 0.5) is 0 Å². The van der Waals surface area contributed by atoms with E-state index in [1.807, 2.05) is 0 Å². The predicted octanol–water partition coefficient (Wildman–Crippen LogP) is -3.56. The van der Waals surface area contributed by atoms with Gasteiger partial charge in [-0.15, -0.1) is 0 Å². The van der Waals surface area contributed by atoms with Crippen molar-refractivity contribution in [2.75, 3.05) is 18.6 Å². The van der Waals surface area contributed by atoms with Gasteiger partial charge in [0.2, 0.25) is 23.6 Å². The molecule has 0 aliphatic carbocycles. The Morgan fingerprint density at radius 1 is 1.09 bits per heavy atom. The maximum Gasteiger partial charge on any atom is 0.326 e. The van der Waals surface area contributed by atoms with E-state index < -0.39 is 66.8 Å². The normalized spacial score (nSPS) is 14.4. The van der Waals surface area contributed by atoms with Crippen molar-refractivity contribution in [3.63, 3.8) is 0 Å². The second-order valence-corrected chi connectivity index (χ2v) is 8.03. The van der Waals surface area contributed by atoms with Gasteiger partial charge in [0.15, 0.2) is 0 Å². The number of nitrogens with two attached hydrogens (primary N) is 2. The molecule has 1 rings (SSSR count). The van der Waals surface area contributed by atoms with Gasteiger partial charge in [-0.3, -0.25) is 19.2 Å². The summed E-state index contributed by atoms with van der Waals surface area (Å²) in [5.74, 6) is -4.18. The first-order valence-electron chi connectivity index (χ1n) is 9.83. The largest absolute Gasteiger partial charge is 0.480 e. The zero-order valence-corrected chi connectivity index (χ0v) is 18.8. The minimum atomic E-state index is -1.46. The Hall–Kier alpha value is -3.17. The fourth-order valence-corrected chi connectivity index (χ4v) is 3.12. The molecule has 4 atom stereocenters. The van der Waals surface area contributed by atoms with Crippen molar-refractivity contribution in [2.45, 2.75) is 43.4 Å². The third-order valence-corrected chi connectivity index (χ3v) is 5.05. The number of aliphatic hydroxyl groups is 1. The molecule has 1 aromatic heterocycles. The number of imidazole rings is 1. The van der Waals surface area contributed by atoms with Crippen LogP contribution in [-0.2, 0) is 30.4 Å². The first-order valence-corrected chi connectivity index (χ1v) is 11.2. The molecule has 0 bridgehead atoms. The van der Waals surface area contributed by atoms with Crippen LogP contribution in [0.5, 0.6) is 0 Å². The molecule has 1 aromatic rings. The number of amides is 4. The summed E-state index contributed by atoms with van der Waals surface area (Å²) in [6, 6.07) is -5.20. The van der Waals surface area contributed by atoms with Gasteiger partial charge >= 0.3 is 5.97 Å². The molecule has 0 saturated carbocycles. The van der Waals surface area contributed by atoms with Crippen LogP contribution in [0.15, 0.2) is 12.5 Å². The molecule has 1 heterocycles. The van der Waals surface area contributed by atoms with Crippen molar-refractivity contribution in [1.82, 2.24) is 25.9 Å². The number of primary amides is 1. The lowest BCUT2D eigenvalue weighted by molar-refractivity contribution is -0.142. The molecular weight excluding hydrogens is 458 g/mol. The third-order valence-electron chi connectivity index (χ3n) is 4.41. The van der Waals surface area contributed by atoms with Crippen LogP contribution >= 0.6 is 11.8 Å². The monoisotopic (exact) mass is 487 g/mol. The van der Waals surface area contributed by atoms with Crippen LogP contribution < -0.4 is 27.4 Å². The van der Waals surface area contributed by atoms with Gasteiger partial charge in [0.05, 0.1) is 25.4 Å². The van der Waals surface area contributed by atoms with E-state index in [0.717, 1.165) is 0 Å². The summed E-state index contributed by atoms with van der Waals surface area (Å²) in [5, 5.41) is 25.9. The number of nitrogens with one attached hydrogen (secondary N) is 4. The average Bonchev–Trinajstić information content (AvgIpc) is 3.26. The van der Waals surface area contributed by atoms with Gasteiger partial charge in [0.1, 0.15) is 18.1 Å². The van der Waals surface area contributed by atoms with Crippen LogP contribution in [-0.4, -0.2) is 92.6 Å². The van der Waals surface area contributed by atoms with E-state index in [1.165, 1.54) is 24.3 Å². The van der Waals surface area contributed by atoms with Crippen molar-refractivity contribution < 1.29 is 34.2 Å². The number of aromatic amines is 1. The first kappa shape index (κ1) is 27.9. The molecule has 0 radical (unpaired) electrons. The second-order valence-electron chi connectivity index (χ2n) is 7.04. The molecule has 4 amide bonds. The maximum absolute atomic E-state index is 12.7.